The fourth-order valence-corrected chi connectivity index (χ4v) is 2.70. The summed E-state index contributed by atoms with van der Waals surface area (Å²) >= 11 is 4.92. The van der Waals surface area contributed by atoms with E-state index in [-0.39, 0.29) is 6.04 Å². The molecule has 0 radical (unpaired) electrons. The van der Waals surface area contributed by atoms with E-state index in [2.05, 4.69) is 35.9 Å². The normalized spacial score (nSPS) is 13.1. The maximum absolute atomic E-state index is 5.80. The van der Waals surface area contributed by atoms with Crippen LogP contribution in [-0.2, 0) is 0 Å². The number of nitrogens with zero attached hydrogens (tertiary/aromatic N) is 3. The van der Waals surface area contributed by atoms with Crippen LogP contribution in [0.1, 0.15) is 18.0 Å². The van der Waals surface area contributed by atoms with Gasteiger partial charge in [-0.25, -0.2) is 15.0 Å². The molecule has 3 heterocycles. The maximum atomic E-state index is 5.80. The lowest BCUT2D eigenvalue weighted by Gasteiger charge is -1.96. The second-order valence-corrected chi connectivity index (χ2v) is 5.78. The Hall–Kier alpha value is -1.31. The van der Waals surface area contributed by atoms with Crippen molar-refractivity contribution in [2.24, 2.45) is 5.73 Å². The standard InChI is InChI=1S/C11H10BrN5S/c1-5(13)11-16-8(4-18-11)10-15-7-2-6(12)3-14-9(7)17-10/h2-5H,13H2,1H3,(H,14,15,17). The monoisotopic (exact) mass is 323 g/mol. The molecule has 3 aromatic rings. The molecule has 92 valence electrons. The molecule has 0 aliphatic heterocycles. The molecule has 0 aromatic carbocycles. The highest BCUT2D eigenvalue weighted by Gasteiger charge is 2.12. The first-order valence-electron chi connectivity index (χ1n) is 5.36. The quantitative estimate of drug-likeness (QED) is 0.759. The highest BCUT2D eigenvalue weighted by Crippen LogP contribution is 2.24. The number of thiazole rings is 1. The lowest BCUT2D eigenvalue weighted by Crippen LogP contribution is -2.03. The van der Waals surface area contributed by atoms with Crippen LogP contribution in [-0.4, -0.2) is 19.9 Å². The van der Waals surface area contributed by atoms with E-state index in [9.17, 15) is 0 Å². The molecular weight excluding hydrogens is 314 g/mol. The van der Waals surface area contributed by atoms with Crippen LogP contribution in [0.4, 0.5) is 0 Å². The molecule has 0 saturated carbocycles. The zero-order chi connectivity index (χ0) is 12.7. The maximum Gasteiger partial charge on any atom is 0.178 e. The van der Waals surface area contributed by atoms with E-state index in [4.69, 9.17) is 5.73 Å². The number of rotatable bonds is 2. The molecule has 0 amide bonds. The van der Waals surface area contributed by atoms with Gasteiger partial charge in [0.05, 0.1) is 11.6 Å². The van der Waals surface area contributed by atoms with Crippen LogP contribution in [0.25, 0.3) is 22.7 Å². The lowest BCUT2D eigenvalue weighted by molar-refractivity contribution is 0.807. The van der Waals surface area contributed by atoms with Crippen molar-refractivity contribution in [2.75, 3.05) is 0 Å². The molecule has 0 bridgehead atoms. The fourth-order valence-electron chi connectivity index (χ4n) is 1.60. The Bertz CT molecular complexity index is 702. The van der Waals surface area contributed by atoms with E-state index >= 15 is 0 Å². The number of hydrogen-bond donors (Lipinski definition) is 2. The molecule has 3 aromatic heterocycles. The summed E-state index contributed by atoms with van der Waals surface area (Å²) in [6.45, 7) is 1.92. The van der Waals surface area contributed by atoms with Gasteiger partial charge in [0.25, 0.3) is 0 Å². The van der Waals surface area contributed by atoms with Gasteiger partial charge < -0.3 is 10.7 Å². The summed E-state index contributed by atoms with van der Waals surface area (Å²) < 4.78 is 0.916. The Balaban J connectivity index is 2.07. The summed E-state index contributed by atoms with van der Waals surface area (Å²) in [5.41, 5.74) is 8.17. The van der Waals surface area contributed by atoms with Crippen molar-refractivity contribution in [1.82, 2.24) is 19.9 Å². The fraction of sp³-hybridized carbons (Fsp3) is 0.182. The van der Waals surface area contributed by atoms with E-state index in [1.165, 1.54) is 11.3 Å². The minimum atomic E-state index is -0.0552. The third-order valence-corrected chi connectivity index (χ3v) is 3.94. The van der Waals surface area contributed by atoms with Crippen LogP contribution >= 0.6 is 27.3 Å². The molecule has 1 unspecified atom stereocenters. The number of fused-ring (bicyclic) bond motifs is 1. The molecule has 1 atom stereocenters. The van der Waals surface area contributed by atoms with E-state index < -0.39 is 0 Å². The number of aromatic nitrogens is 4. The Kier molecular flexibility index (Phi) is 2.89. The number of pyridine rings is 1. The zero-order valence-electron chi connectivity index (χ0n) is 9.51. The first-order valence-corrected chi connectivity index (χ1v) is 7.03. The van der Waals surface area contributed by atoms with Gasteiger partial charge in [-0.05, 0) is 28.9 Å². The average molecular weight is 324 g/mol. The van der Waals surface area contributed by atoms with Crippen LogP contribution < -0.4 is 5.73 Å². The van der Waals surface area contributed by atoms with E-state index in [1.807, 2.05) is 18.4 Å². The van der Waals surface area contributed by atoms with E-state index in [1.54, 1.807) is 6.20 Å². The van der Waals surface area contributed by atoms with E-state index in [0.29, 0.717) is 5.65 Å². The van der Waals surface area contributed by atoms with Crippen molar-refractivity contribution in [3.05, 3.63) is 27.1 Å². The van der Waals surface area contributed by atoms with Crippen molar-refractivity contribution >= 4 is 38.4 Å². The smallest absolute Gasteiger partial charge is 0.178 e. The second kappa shape index (κ2) is 4.42. The number of H-pyrrole nitrogens is 1. The highest BCUT2D eigenvalue weighted by atomic mass is 79.9. The van der Waals surface area contributed by atoms with Gasteiger partial charge in [0.1, 0.15) is 10.7 Å². The van der Waals surface area contributed by atoms with Crippen LogP contribution in [0.3, 0.4) is 0 Å². The average Bonchev–Trinajstić information content (AvgIpc) is 2.93. The van der Waals surface area contributed by atoms with Crippen LogP contribution in [0.2, 0.25) is 0 Å². The van der Waals surface area contributed by atoms with Gasteiger partial charge in [0.15, 0.2) is 11.5 Å². The lowest BCUT2D eigenvalue weighted by atomic mass is 10.4. The number of hydrogen-bond acceptors (Lipinski definition) is 5. The molecule has 0 aliphatic rings. The van der Waals surface area contributed by atoms with Gasteiger partial charge in [-0.15, -0.1) is 11.3 Å². The third-order valence-electron chi connectivity index (χ3n) is 2.46. The summed E-state index contributed by atoms with van der Waals surface area (Å²) in [7, 11) is 0. The summed E-state index contributed by atoms with van der Waals surface area (Å²) in [5.74, 6) is 0.721. The predicted molar refractivity (Wildman–Crippen MR) is 75.3 cm³/mol. The minimum absolute atomic E-state index is 0.0552. The molecule has 0 spiro atoms. The van der Waals surface area contributed by atoms with Crippen molar-refractivity contribution < 1.29 is 0 Å². The SMILES string of the molecule is CC(N)c1nc(-c2nc3ncc(Br)cc3[nH]2)cs1. The first kappa shape index (κ1) is 11.8. The van der Waals surface area contributed by atoms with Crippen molar-refractivity contribution in [2.45, 2.75) is 13.0 Å². The Morgan fingerprint density at radius 2 is 2.28 bits per heavy atom. The molecule has 3 N–H and O–H groups in total. The largest absolute Gasteiger partial charge is 0.335 e. The molecule has 3 rings (SSSR count). The predicted octanol–water partition coefficient (Wildman–Crippen LogP) is 2.86. The van der Waals surface area contributed by atoms with Crippen molar-refractivity contribution in [1.29, 1.82) is 0 Å². The van der Waals surface area contributed by atoms with Crippen molar-refractivity contribution in [3.8, 4) is 11.5 Å². The molecule has 5 nitrogen and oxygen atoms in total. The topological polar surface area (TPSA) is 80.5 Å². The van der Waals surface area contributed by atoms with Crippen molar-refractivity contribution in [3.63, 3.8) is 0 Å². The number of halogens is 1. The molecule has 0 fully saturated rings. The summed E-state index contributed by atoms with van der Waals surface area (Å²) in [5, 5.41) is 2.85. The third kappa shape index (κ3) is 2.05. The molecule has 7 heteroatoms. The Morgan fingerprint density at radius 1 is 1.44 bits per heavy atom. The number of nitrogens with two attached hydrogens (primary N) is 1. The molecule has 18 heavy (non-hydrogen) atoms. The van der Waals surface area contributed by atoms with Crippen LogP contribution in [0.5, 0.6) is 0 Å². The van der Waals surface area contributed by atoms with Gasteiger partial charge in [-0.3, -0.25) is 0 Å². The van der Waals surface area contributed by atoms with E-state index in [0.717, 1.165) is 26.5 Å². The van der Waals surface area contributed by atoms with Gasteiger partial charge in [0.2, 0.25) is 0 Å². The first-order chi connectivity index (χ1) is 8.63. The van der Waals surface area contributed by atoms with Gasteiger partial charge in [0, 0.05) is 16.0 Å². The highest BCUT2D eigenvalue weighted by molar-refractivity contribution is 9.10. The van der Waals surface area contributed by atoms with Crippen LogP contribution in [0, 0.1) is 0 Å². The number of nitrogens with one attached hydrogen (secondary N) is 1. The van der Waals surface area contributed by atoms with Gasteiger partial charge in [-0.2, -0.15) is 0 Å². The second-order valence-electron chi connectivity index (χ2n) is 3.97. The Morgan fingerprint density at radius 3 is 3.00 bits per heavy atom. The molecule has 0 aliphatic carbocycles. The molecular formula is C11H10BrN5S. The van der Waals surface area contributed by atoms with Gasteiger partial charge >= 0.3 is 0 Å². The van der Waals surface area contributed by atoms with Gasteiger partial charge in [-0.1, -0.05) is 0 Å². The summed E-state index contributed by atoms with van der Waals surface area (Å²) in [6, 6.07) is 1.89. The minimum Gasteiger partial charge on any atom is -0.335 e. The van der Waals surface area contributed by atoms with Crippen LogP contribution in [0.15, 0.2) is 22.1 Å². The number of aromatic amines is 1. The number of imidazole rings is 1. The Labute approximate surface area is 116 Å². The summed E-state index contributed by atoms with van der Waals surface area (Å²) in [4.78, 5) is 16.3. The zero-order valence-corrected chi connectivity index (χ0v) is 11.9. The summed E-state index contributed by atoms with van der Waals surface area (Å²) in [6.07, 6.45) is 1.72. The molecule has 0 saturated heterocycles.